The van der Waals surface area contributed by atoms with Crippen molar-refractivity contribution in [2.24, 2.45) is 5.92 Å². The molecule has 16 heavy (non-hydrogen) atoms. The number of aryl methyl sites for hydroxylation is 2. The zero-order chi connectivity index (χ0) is 11.2. The first-order valence-corrected chi connectivity index (χ1v) is 6.90. The van der Waals surface area contributed by atoms with E-state index in [9.17, 15) is 0 Å². The lowest BCUT2D eigenvalue weighted by atomic mass is 9.85. The SMILES string of the molecule is Cc1cccc(CCCC2CCCCC2)c1. The van der Waals surface area contributed by atoms with Gasteiger partial charge < -0.3 is 0 Å². The summed E-state index contributed by atoms with van der Waals surface area (Å²) < 4.78 is 0. The largest absolute Gasteiger partial charge is 0.0617 e. The van der Waals surface area contributed by atoms with Crippen LogP contribution in [0.1, 0.15) is 56.1 Å². The summed E-state index contributed by atoms with van der Waals surface area (Å²) in [7, 11) is 0. The van der Waals surface area contributed by atoms with E-state index < -0.39 is 0 Å². The second kappa shape index (κ2) is 6.08. The highest BCUT2D eigenvalue weighted by atomic mass is 14.2. The Morgan fingerprint density at radius 1 is 1.12 bits per heavy atom. The van der Waals surface area contributed by atoms with Crippen LogP contribution in [0.15, 0.2) is 24.3 Å². The molecule has 0 amide bonds. The first-order valence-electron chi connectivity index (χ1n) is 6.90. The van der Waals surface area contributed by atoms with E-state index in [2.05, 4.69) is 31.2 Å². The van der Waals surface area contributed by atoms with Gasteiger partial charge in [-0.05, 0) is 31.2 Å². The summed E-state index contributed by atoms with van der Waals surface area (Å²) >= 11 is 0. The maximum atomic E-state index is 2.33. The highest BCUT2D eigenvalue weighted by molar-refractivity contribution is 5.22. The van der Waals surface area contributed by atoms with Gasteiger partial charge in [0.2, 0.25) is 0 Å². The van der Waals surface area contributed by atoms with Crippen LogP contribution < -0.4 is 0 Å². The minimum atomic E-state index is 1.04. The van der Waals surface area contributed by atoms with Crippen molar-refractivity contribution in [2.75, 3.05) is 0 Å². The predicted molar refractivity (Wildman–Crippen MR) is 70.7 cm³/mol. The number of rotatable bonds is 4. The Morgan fingerprint density at radius 2 is 1.94 bits per heavy atom. The molecule has 0 saturated heterocycles. The molecule has 1 aliphatic rings. The van der Waals surface area contributed by atoms with E-state index in [0.29, 0.717) is 0 Å². The molecule has 0 unspecified atom stereocenters. The van der Waals surface area contributed by atoms with Gasteiger partial charge in [-0.3, -0.25) is 0 Å². The third-order valence-electron chi connectivity index (χ3n) is 3.89. The molecule has 1 aliphatic carbocycles. The normalized spacial score (nSPS) is 17.6. The molecule has 0 aliphatic heterocycles. The van der Waals surface area contributed by atoms with Crippen LogP contribution in [0.4, 0.5) is 0 Å². The summed E-state index contributed by atoms with van der Waals surface area (Å²) in [5, 5.41) is 0. The molecular weight excluding hydrogens is 192 g/mol. The number of hydrogen-bond acceptors (Lipinski definition) is 0. The molecule has 88 valence electrons. The van der Waals surface area contributed by atoms with E-state index in [1.54, 1.807) is 0 Å². The maximum Gasteiger partial charge on any atom is -0.0279 e. The van der Waals surface area contributed by atoms with Crippen LogP contribution in [0.3, 0.4) is 0 Å². The molecule has 1 saturated carbocycles. The molecule has 1 aromatic rings. The zero-order valence-corrected chi connectivity index (χ0v) is 10.5. The molecule has 0 spiro atoms. The molecule has 1 fully saturated rings. The number of hydrogen-bond donors (Lipinski definition) is 0. The summed E-state index contributed by atoms with van der Waals surface area (Å²) in [6.07, 6.45) is 11.5. The first-order chi connectivity index (χ1) is 7.84. The Balaban J connectivity index is 1.71. The van der Waals surface area contributed by atoms with Gasteiger partial charge in [-0.15, -0.1) is 0 Å². The summed E-state index contributed by atoms with van der Waals surface area (Å²) in [4.78, 5) is 0. The van der Waals surface area contributed by atoms with Gasteiger partial charge in [0.1, 0.15) is 0 Å². The average Bonchev–Trinajstić information content (AvgIpc) is 2.30. The maximum absolute atomic E-state index is 2.33. The van der Waals surface area contributed by atoms with Gasteiger partial charge in [0.15, 0.2) is 0 Å². The summed E-state index contributed by atoms with van der Waals surface area (Å²) in [5.74, 6) is 1.04. The molecule has 0 nitrogen and oxygen atoms in total. The Kier molecular flexibility index (Phi) is 4.44. The van der Waals surface area contributed by atoms with E-state index in [0.717, 1.165) is 5.92 Å². The van der Waals surface area contributed by atoms with Gasteiger partial charge in [0.05, 0.1) is 0 Å². The van der Waals surface area contributed by atoms with Crippen molar-refractivity contribution in [1.29, 1.82) is 0 Å². The smallest absolute Gasteiger partial charge is 0.0279 e. The van der Waals surface area contributed by atoms with Crippen LogP contribution in [0, 0.1) is 12.8 Å². The van der Waals surface area contributed by atoms with Crippen molar-refractivity contribution in [3.05, 3.63) is 35.4 Å². The molecule has 0 radical (unpaired) electrons. The lowest BCUT2D eigenvalue weighted by molar-refractivity contribution is 0.332. The Labute approximate surface area is 100 Å². The number of benzene rings is 1. The van der Waals surface area contributed by atoms with Crippen molar-refractivity contribution < 1.29 is 0 Å². The third-order valence-corrected chi connectivity index (χ3v) is 3.89. The van der Waals surface area contributed by atoms with E-state index in [-0.39, 0.29) is 0 Å². The molecular formula is C16H24. The van der Waals surface area contributed by atoms with Crippen LogP contribution in [0.5, 0.6) is 0 Å². The fourth-order valence-electron chi connectivity index (χ4n) is 2.94. The van der Waals surface area contributed by atoms with Gasteiger partial charge in [0, 0.05) is 0 Å². The molecule has 2 rings (SSSR count). The Hall–Kier alpha value is -0.780. The van der Waals surface area contributed by atoms with Gasteiger partial charge in [-0.2, -0.15) is 0 Å². The fraction of sp³-hybridized carbons (Fsp3) is 0.625. The monoisotopic (exact) mass is 216 g/mol. The average molecular weight is 216 g/mol. The summed E-state index contributed by atoms with van der Waals surface area (Å²) in [6, 6.07) is 8.98. The standard InChI is InChI=1S/C16H24/c1-14-7-5-11-16(13-14)12-6-10-15-8-3-2-4-9-15/h5,7,11,13,15H,2-4,6,8-10,12H2,1H3. The zero-order valence-electron chi connectivity index (χ0n) is 10.5. The fourth-order valence-corrected chi connectivity index (χ4v) is 2.94. The minimum absolute atomic E-state index is 1.04. The molecule has 1 aromatic carbocycles. The highest BCUT2D eigenvalue weighted by Gasteiger charge is 2.12. The van der Waals surface area contributed by atoms with E-state index >= 15 is 0 Å². The molecule has 0 aromatic heterocycles. The van der Waals surface area contributed by atoms with Crippen molar-refractivity contribution in [3.63, 3.8) is 0 Å². The van der Waals surface area contributed by atoms with Crippen molar-refractivity contribution >= 4 is 0 Å². The lowest BCUT2D eigenvalue weighted by Gasteiger charge is -2.21. The first kappa shape index (κ1) is 11.7. The highest BCUT2D eigenvalue weighted by Crippen LogP contribution is 2.27. The van der Waals surface area contributed by atoms with Crippen LogP contribution in [-0.2, 0) is 6.42 Å². The Bertz CT molecular complexity index is 308. The molecule has 0 atom stereocenters. The van der Waals surface area contributed by atoms with E-state index in [4.69, 9.17) is 0 Å². The van der Waals surface area contributed by atoms with Gasteiger partial charge >= 0.3 is 0 Å². The quantitative estimate of drug-likeness (QED) is 0.671. The molecule has 0 N–H and O–H groups in total. The van der Waals surface area contributed by atoms with Gasteiger partial charge in [0.25, 0.3) is 0 Å². The predicted octanol–water partition coefficient (Wildman–Crippen LogP) is 4.90. The van der Waals surface area contributed by atoms with Crippen molar-refractivity contribution in [3.8, 4) is 0 Å². The lowest BCUT2D eigenvalue weighted by Crippen LogP contribution is -2.06. The van der Waals surface area contributed by atoms with Crippen LogP contribution >= 0.6 is 0 Å². The second-order valence-corrected chi connectivity index (χ2v) is 5.39. The molecule has 0 heterocycles. The van der Waals surface area contributed by atoms with E-state index in [1.165, 1.54) is 62.5 Å². The van der Waals surface area contributed by atoms with Crippen LogP contribution in [-0.4, -0.2) is 0 Å². The molecule has 0 bridgehead atoms. The minimum Gasteiger partial charge on any atom is -0.0617 e. The summed E-state index contributed by atoms with van der Waals surface area (Å²) in [6.45, 7) is 2.19. The molecule has 0 heteroatoms. The van der Waals surface area contributed by atoms with Crippen LogP contribution in [0.25, 0.3) is 0 Å². The van der Waals surface area contributed by atoms with Gasteiger partial charge in [-0.25, -0.2) is 0 Å². The Morgan fingerprint density at radius 3 is 2.69 bits per heavy atom. The third kappa shape index (κ3) is 3.66. The van der Waals surface area contributed by atoms with Crippen LogP contribution in [0.2, 0.25) is 0 Å². The summed E-state index contributed by atoms with van der Waals surface area (Å²) in [5.41, 5.74) is 2.92. The van der Waals surface area contributed by atoms with Crippen molar-refractivity contribution in [2.45, 2.75) is 58.3 Å². The van der Waals surface area contributed by atoms with E-state index in [1.807, 2.05) is 0 Å². The van der Waals surface area contributed by atoms with Gasteiger partial charge in [-0.1, -0.05) is 68.4 Å². The second-order valence-electron chi connectivity index (χ2n) is 5.39. The van der Waals surface area contributed by atoms with Crippen molar-refractivity contribution in [1.82, 2.24) is 0 Å². The topological polar surface area (TPSA) is 0 Å².